The quantitative estimate of drug-likeness (QED) is 0.771. The monoisotopic (exact) mass is 216 g/mol. The molecule has 0 aliphatic rings. The van der Waals surface area contributed by atoms with E-state index >= 15 is 0 Å². The van der Waals surface area contributed by atoms with Gasteiger partial charge in [-0.05, 0) is 17.7 Å². The van der Waals surface area contributed by atoms with E-state index in [9.17, 15) is 4.79 Å². The van der Waals surface area contributed by atoms with Crippen molar-refractivity contribution in [3.63, 3.8) is 0 Å². The van der Waals surface area contributed by atoms with Gasteiger partial charge in [-0.1, -0.05) is 0 Å². The molecule has 0 atom stereocenters. The first-order valence-corrected chi connectivity index (χ1v) is 4.87. The zero-order valence-electron chi connectivity index (χ0n) is 8.92. The molecule has 5 heteroatoms. The summed E-state index contributed by atoms with van der Waals surface area (Å²) in [5, 5.41) is 4.00. The van der Waals surface area contributed by atoms with Crippen LogP contribution in [0.3, 0.4) is 0 Å². The largest absolute Gasteiger partial charge is 0.397 e. The number of hydrogen-bond donors (Lipinski definition) is 1. The summed E-state index contributed by atoms with van der Waals surface area (Å²) in [7, 11) is 1.81. The molecule has 2 aromatic heterocycles. The van der Waals surface area contributed by atoms with Gasteiger partial charge >= 0.3 is 0 Å². The van der Waals surface area contributed by atoms with Crippen molar-refractivity contribution in [2.75, 3.05) is 5.73 Å². The third-order valence-corrected chi connectivity index (χ3v) is 2.20. The lowest BCUT2D eigenvalue weighted by Gasteiger charge is -1.98. The predicted octanol–water partition coefficient (Wildman–Crippen LogP) is 0.823. The SMILES string of the molecule is Cn1cc(CC(=O)c2ccc(N)cn2)cn1. The minimum absolute atomic E-state index is 0.0343. The van der Waals surface area contributed by atoms with Crippen LogP contribution in [-0.2, 0) is 13.5 Å². The van der Waals surface area contributed by atoms with Crippen molar-refractivity contribution < 1.29 is 4.79 Å². The van der Waals surface area contributed by atoms with Crippen LogP contribution in [0.25, 0.3) is 0 Å². The molecule has 5 nitrogen and oxygen atoms in total. The van der Waals surface area contributed by atoms with E-state index in [2.05, 4.69) is 10.1 Å². The maximum Gasteiger partial charge on any atom is 0.185 e. The number of pyridine rings is 1. The molecular formula is C11H12N4O. The van der Waals surface area contributed by atoms with E-state index in [1.807, 2.05) is 13.2 Å². The van der Waals surface area contributed by atoms with Gasteiger partial charge in [-0.15, -0.1) is 0 Å². The lowest BCUT2D eigenvalue weighted by molar-refractivity contribution is 0.0988. The van der Waals surface area contributed by atoms with Gasteiger partial charge < -0.3 is 5.73 Å². The predicted molar refractivity (Wildman–Crippen MR) is 59.9 cm³/mol. The summed E-state index contributed by atoms with van der Waals surface area (Å²) in [4.78, 5) is 15.8. The second-order valence-corrected chi connectivity index (χ2v) is 3.60. The van der Waals surface area contributed by atoms with Crippen LogP contribution in [0.1, 0.15) is 16.1 Å². The first-order chi connectivity index (χ1) is 7.65. The van der Waals surface area contributed by atoms with Crippen molar-refractivity contribution >= 4 is 11.5 Å². The first-order valence-electron chi connectivity index (χ1n) is 4.87. The minimum Gasteiger partial charge on any atom is -0.397 e. The van der Waals surface area contributed by atoms with Gasteiger partial charge in [0.2, 0.25) is 0 Å². The number of carbonyl (C=O) groups excluding carboxylic acids is 1. The minimum atomic E-state index is -0.0343. The van der Waals surface area contributed by atoms with Crippen LogP contribution in [0.2, 0.25) is 0 Å². The summed E-state index contributed by atoms with van der Waals surface area (Å²) in [6.07, 6.45) is 5.28. The number of anilines is 1. The van der Waals surface area contributed by atoms with Gasteiger partial charge in [0.05, 0.1) is 18.1 Å². The molecule has 0 saturated heterocycles. The van der Waals surface area contributed by atoms with E-state index in [4.69, 9.17) is 5.73 Å². The Morgan fingerprint density at radius 2 is 2.25 bits per heavy atom. The smallest absolute Gasteiger partial charge is 0.185 e. The highest BCUT2D eigenvalue weighted by molar-refractivity contribution is 5.95. The number of aryl methyl sites for hydroxylation is 1. The Kier molecular flexibility index (Phi) is 2.68. The summed E-state index contributed by atoms with van der Waals surface area (Å²) < 4.78 is 1.67. The fourth-order valence-electron chi connectivity index (χ4n) is 1.41. The summed E-state index contributed by atoms with van der Waals surface area (Å²) in [6.45, 7) is 0. The zero-order chi connectivity index (χ0) is 11.5. The van der Waals surface area contributed by atoms with Gasteiger partial charge in [0.1, 0.15) is 5.69 Å². The molecule has 0 spiro atoms. The first kappa shape index (κ1) is 10.4. The number of hydrogen-bond acceptors (Lipinski definition) is 4. The third kappa shape index (κ3) is 2.25. The maximum absolute atomic E-state index is 11.8. The molecule has 0 aliphatic carbocycles. The van der Waals surface area contributed by atoms with E-state index in [1.54, 1.807) is 23.0 Å². The summed E-state index contributed by atoms with van der Waals surface area (Å²) in [6, 6.07) is 3.30. The van der Waals surface area contributed by atoms with E-state index in [-0.39, 0.29) is 5.78 Å². The van der Waals surface area contributed by atoms with Gasteiger partial charge in [-0.2, -0.15) is 5.10 Å². The van der Waals surface area contributed by atoms with E-state index in [0.29, 0.717) is 17.8 Å². The Balaban J connectivity index is 2.11. The molecule has 0 aliphatic heterocycles. The van der Waals surface area contributed by atoms with Crippen molar-refractivity contribution in [3.8, 4) is 0 Å². The van der Waals surface area contributed by atoms with Crippen molar-refractivity contribution in [3.05, 3.63) is 42.0 Å². The Bertz CT molecular complexity index is 501. The van der Waals surface area contributed by atoms with Crippen LogP contribution >= 0.6 is 0 Å². The lowest BCUT2D eigenvalue weighted by atomic mass is 10.1. The lowest BCUT2D eigenvalue weighted by Crippen LogP contribution is -2.05. The van der Waals surface area contributed by atoms with Crippen LogP contribution in [-0.4, -0.2) is 20.5 Å². The Labute approximate surface area is 92.9 Å². The number of aromatic nitrogens is 3. The van der Waals surface area contributed by atoms with Crippen molar-refractivity contribution in [1.29, 1.82) is 0 Å². The fraction of sp³-hybridized carbons (Fsp3) is 0.182. The molecule has 0 amide bonds. The highest BCUT2D eigenvalue weighted by Gasteiger charge is 2.09. The molecule has 0 fully saturated rings. The highest BCUT2D eigenvalue weighted by atomic mass is 16.1. The summed E-state index contributed by atoms with van der Waals surface area (Å²) in [5.74, 6) is -0.0343. The summed E-state index contributed by atoms with van der Waals surface area (Å²) >= 11 is 0. The molecule has 2 N–H and O–H groups in total. The molecule has 0 aromatic carbocycles. The van der Waals surface area contributed by atoms with Crippen molar-refractivity contribution in [1.82, 2.24) is 14.8 Å². The number of carbonyl (C=O) groups is 1. The maximum atomic E-state index is 11.8. The molecule has 2 rings (SSSR count). The molecule has 16 heavy (non-hydrogen) atoms. The van der Waals surface area contributed by atoms with Gasteiger partial charge in [0.15, 0.2) is 5.78 Å². The average molecular weight is 216 g/mol. The zero-order valence-corrected chi connectivity index (χ0v) is 8.92. The molecule has 2 heterocycles. The number of nitrogens with two attached hydrogens (primary N) is 1. The number of Topliss-reactive ketones (excluding diaryl/α,β-unsaturated/α-hetero) is 1. The molecule has 2 aromatic rings. The normalized spacial score (nSPS) is 10.3. The third-order valence-electron chi connectivity index (χ3n) is 2.20. The fourth-order valence-corrected chi connectivity index (χ4v) is 1.41. The van der Waals surface area contributed by atoms with Crippen LogP contribution in [0.15, 0.2) is 30.7 Å². The standard InChI is InChI=1S/C11H12N4O/c1-15-7-8(5-14-15)4-11(16)10-3-2-9(12)6-13-10/h2-3,5-7H,4,12H2,1H3. The van der Waals surface area contributed by atoms with Crippen LogP contribution in [0, 0.1) is 0 Å². The number of nitrogens with zero attached hydrogens (tertiary/aromatic N) is 3. The van der Waals surface area contributed by atoms with E-state index in [0.717, 1.165) is 5.56 Å². The van der Waals surface area contributed by atoms with Gasteiger partial charge in [0, 0.05) is 19.7 Å². The topological polar surface area (TPSA) is 73.8 Å². The second-order valence-electron chi connectivity index (χ2n) is 3.60. The van der Waals surface area contributed by atoms with Gasteiger partial charge in [-0.25, -0.2) is 0 Å². The van der Waals surface area contributed by atoms with Crippen LogP contribution in [0.5, 0.6) is 0 Å². The number of nitrogen functional groups attached to an aromatic ring is 1. The van der Waals surface area contributed by atoms with Crippen LogP contribution < -0.4 is 5.73 Å². The van der Waals surface area contributed by atoms with Crippen molar-refractivity contribution in [2.24, 2.45) is 7.05 Å². The highest BCUT2D eigenvalue weighted by Crippen LogP contribution is 2.06. The average Bonchev–Trinajstić information content (AvgIpc) is 2.65. The molecule has 0 bridgehead atoms. The summed E-state index contributed by atoms with van der Waals surface area (Å²) in [5.41, 5.74) is 7.36. The molecule has 0 unspecified atom stereocenters. The van der Waals surface area contributed by atoms with Crippen LogP contribution in [0.4, 0.5) is 5.69 Å². The van der Waals surface area contributed by atoms with Gasteiger partial charge in [-0.3, -0.25) is 14.5 Å². The second kappa shape index (κ2) is 4.14. The molecule has 0 radical (unpaired) electrons. The number of rotatable bonds is 3. The Hall–Kier alpha value is -2.17. The number of ketones is 1. The molecule has 82 valence electrons. The Morgan fingerprint density at radius 3 is 2.81 bits per heavy atom. The Morgan fingerprint density at radius 1 is 1.44 bits per heavy atom. The van der Waals surface area contributed by atoms with E-state index < -0.39 is 0 Å². The molecule has 0 saturated carbocycles. The van der Waals surface area contributed by atoms with E-state index in [1.165, 1.54) is 6.20 Å². The molecular weight excluding hydrogens is 204 g/mol. The van der Waals surface area contributed by atoms with Crippen molar-refractivity contribution in [2.45, 2.75) is 6.42 Å². The van der Waals surface area contributed by atoms with Gasteiger partial charge in [0.25, 0.3) is 0 Å².